The van der Waals surface area contributed by atoms with E-state index < -0.39 is 0 Å². The highest BCUT2D eigenvalue weighted by molar-refractivity contribution is 5.87. The Morgan fingerprint density at radius 1 is 1.31 bits per heavy atom. The van der Waals surface area contributed by atoms with E-state index in [2.05, 4.69) is 33.3 Å². The number of aromatic amines is 1. The topological polar surface area (TPSA) is 41.1 Å². The molecule has 16 heavy (non-hydrogen) atoms. The Bertz CT molecular complexity index is 500. The number of hydrogen-bond donors (Lipinski definition) is 1. The molecule has 0 amide bonds. The molecular weight excluding hydrogens is 202 g/mol. The minimum Gasteiger partial charge on any atom is -0.480 e. The lowest BCUT2D eigenvalue weighted by molar-refractivity contribution is 0.401. The molecule has 0 saturated carbocycles. The molecule has 3 rings (SSSR count). The SMILES string of the molecule is COc1n[nH]c2cc(N3CCCC3)ccc12. The summed E-state index contributed by atoms with van der Waals surface area (Å²) in [6.45, 7) is 2.33. The number of nitrogens with one attached hydrogen (secondary N) is 1. The highest BCUT2D eigenvalue weighted by Crippen LogP contribution is 2.28. The fourth-order valence-electron chi connectivity index (χ4n) is 2.31. The smallest absolute Gasteiger partial charge is 0.240 e. The lowest BCUT2D eigenvalue weighted by Gasteiger charge is -2.17. The predicted octanol–water partition coefficient (Wildman–Crippen LogP) is 2.17. The molecule has 1 aromatic heterocycles. The Kier molecular flexibility index (Phi) is 2.20. The van der Waals surface area contributed by atoms with Crippen molar-refractivity contribution < 1.29 is 4.74 Å². The van der Waals surface area contributed by atoms with Crippen LogP contribution in [0.25, 0.3) is 10.9 Å². The number of benzene rings is 1. The van der Waals surface area contributed by atoms with Gasteiger partial charge in [-0.25, -0.2) is 0 Å². The molecule has 0 unspecified atom stereocenters. The van der Waals surface area contributed by atoms with E-state index in [1.54, 1.807) is 7.11 Å². The molecule has 0 radical (unpaired) electrons. The van der Waals surface area contributed by atoms with Gasteiger partial charge in [0.1, 0.15) is 0 Å². The molecule has 4 nitrogen and oxygen atoms in total. The standard InChI is InChI=1S/C12H15N3O/c1-16-12-10-5-4-9(8-11(10)13-14-12)15-6-2-3-7-15/h4-5,8H,2-3,6-7H2,1H3,(H,13,14). The molecular formula is C12H15N3O. The van der Waals surface area contributed by atoms with Gasteiger partial charge >= 0.3 is 0 Å². The highest BCUT2D eigenvalue weighted by Gasteiger charge is 2.14. The van der Waals surface area contributed by atoms with Crippen LogP contribution in [0.2, 0.25) is 0 Å². The Labute approximate surface area is 94.2 Å². The van der Waals surface area contributed by atoms with Crippen LogP contribution in [0.5, 0.6) is 5.88 Å². The minimum absolute atomic E-state index is 0.669. The Morgan fingerprint density at radius 2 is 2.12 bits per heavy atom. The second-order valence-electron chi connectivity index (χ2n) is 4.16. The number of aromatic nitrogens is 2. The first-order chi connectivity index (χ1) is 7.88. The van der Waals surface area contributed by atoms with Crippen LogP contribution in [0, 0.1) is 0 Å². The molecule has 84 valence electrons. The summed E-state index contributed by atoms with van der Waals surface area (Å²) in [6, 6.07) is 6.37. The molecule has 1 N–H and O–H groups in total. The number of nitrogens with zero attached hydrogens (tertiary/aromatic N) is 2. The number of H-pyrrole nitrogens is 1. The summed E-state index contributed by atoms with van der Waals surface area (Å²) in [5.74, 6) is 0.669. The van der Waals surface area contributed by atoms with Gasteiger partial charge in [0.2, 0.25) is 5.88 Å². The van der Waals surface area contributed by atoms with Crippen LogP contribution in [0.4, 0.5) is 5.69 Å². The fraction of sp³-hybridized carbons (Fsp3) is 0.417. The zero-order valence-electron chi connectivity index (χ0n) is 9.36. The van der Waals surface area contributed by atoms with Gasteiger partial charge < -0.3 is 9.64 Å². The highest BCUT2D eigenvalue weighted by atomic mass is 16.5. The Hall–Kier alpha value is -1.71. The van der Waals surface area contributed by atoms with Crippen LogP contribution in [0.3, 0.4) is 0 Å². The van der Waals surface area contributed by atoms with Gasteiger partial charge in [-0.2, -0.15) is 0 Å². The molecule has 0 aliphatic carbocycles. The van der Waals surface area contributed by atoms with Crippen molar-refractivity contribution in [3.8, 4) is 5.88 Å². The number of ether oxygens (including phenoxy) is 1. The summed E-state index contributed by atoms with van der Waals surface area (Å²) >= 11 is 0. The minimum atomic E-state index is 0.669. The zero-order chi connectivity index (χ0) is 11.0. The van der Waals surface area contributed by atoms with E-state index in [0.717, 1.165) is 24.0 Å². The van der Waals surface area contributed by atoms with E-state index in [1.807, 2.05) is 0 Å². The third-order valence-electron chi connectivity index (χ3n) is 3.18. The molecule has 0 bridgehead atoms. The van der Waals surface area contributed by atoms with E-state index in [-0.39, 0.29) is 0 Å². The molecule has 1 aromatic carbocycles. The van der Waals surface area contributed by atoms with Gasteiger partial charge in [-0.05, 0) is 31.0 Å². The third-order valence-corrected chi connectivity index (χ3v) is 3.18. The quantitative estimate of drug-likeness (QED) is 0.838. The van der Waals surface area contributed by atoms with Gasteiger partial charge in [0, 0.05) is 18.8 Å². The molecule has 0 atom stereocenters. The van der Waals surface area contributed by atoms with E-state index in [4.69, 9.17) is 4.74 Å². The maximum Gasteiger partial charge on any atom is 0.240 e. The first-order valence-electron chi connectivity index (χ1n) is 5.65. The molecule has 4 heteroatoms. The van der Waals surface area contributed by atoms with Crippen LogP contribution in [0.1, 0.15) is 12.8 Å². The molecule has 1 fully saturated rings. The summed E-state index contributed by atoms with van der Waals surface area (Å²) in [7, 11) is 1.64. The lowest BCUT2D eigenvalue weighted by Crippen LogP contribution is -2.17. The van der Waals surface area contributed by atoms with Gasteiger partial charge in [-0.15, -0.1) is 5.10 Å². The summed E-state index contributed by atoms with van der Waals surface area (Å²) in [4.78, 5) is 2.41. The average Bonchev–Trinajstić information content (AvgIpc) is 2.97. The van der Waals surface area contributed by atoms with Gasteiger partial charge in [0.15, 0.2) is 0 Å². The van der Waals surface area contributed by atoms with Crippen molar-refractivity contribution in [3.63, 3.8) is 0 Å². The van der Waals surface area contributed by atoms with Gasteiger partial charge in [-0.3, -0.25) is 5.10 Å². The maximum atomic E-state index is 5.18. The number of hydrogen-bond acceptors (Lipinski definition) is 3. The first kappa shape index (κ1) is 9.51. The van der Waals surface area contributed by atoms with Crippen LogP contribution < -0.4 is 9.64 Å². The molecule has 0 spiro atoms. The van der Waals surface area contributed by atoms with Gasteiger partial charge in [0.25, 0.3) is 0 Å². The van der Waals surface area contributed by atoms with Crippen LogP contribution >= 0.6 is 0 Å². The molecule has 1 aliphatic heterocycles. The largest absolute Gasteiger partial charge is 0.480 e. The van der Waals surface area contributed by atoms with Crippen LogP contribution in [0.15, 0.2) is 18.2 Å². The fourth-order valence-corrected chi connectivity index (χ4v) is 2.31. The van der Waals surface area contributed by atoms with Crippen molar-refractivity contribution in [2.45, 2.75) is 12.8 Å². The molecule has 2 heterocycles. The van der Waals surface area contributed by atoms with Gasteiger partial charge in [0.05, 0.1) is 18.0 Å². The second kappa shape index (κ2) is 3.70. The summed E-state index contributed by atoms with van der Waals surface area (Å²) in [6.07, 6.45) is 2.59. The van der Waals surface area contributed by atoms with Crippen LogP contribution in [-0.2, 0) is 0 Å². The van der Waals surface area contributed by atoms with E-state index >= 15 is 0 Å². The first-order valence-corrected chi connectivity index (χ1v) is 5.65. The number of fused-ring (bicyclic) bond motifs is 1. The molecule has 1 saturated heterocycles. The lowest BCUT2D eigenvalue weighted by atomic mass is 10.2. The summed E-state index contributed by atoms with van der Waals surface area (Å²) < 4.78 is 5.18. The summed E-state index contributed by atoms with van der Waals surface area (Å²) in [5, 5.41) is 8.16. The maximum absolute atomic E-state index is 5.18. The normalized spacial score (nSPS) is 15.9. The monoisotopic (exact) mass is 217 g/mol. The predicted molar refractivity (Wildman–Crippen MR) is 64.1 cm³/mol. The molecule has 2 aromatic rings. The average molecular weight is 217 g/mol. The number of methoxy groups -OCH3 is 1. The Balaban J connectivity index is 2.02. The van der Waals surface area contributed by atoms with Crippen LogP contribution in [-0.4, -0.2) is 30.4 Å². The number of anilines is 1. The zero-order valence-corrected chi connectivity index (χ0v) is 9.36. The van der Waals surface area contributed by atoms with Crippen molar-refractivity contribution in [1.82, 2.24) is 10.2 Å². The Morgan fingerprint density at radius 3 is 2.88 bits per heavy atom. The summed E-state index contributed by atoms with van der Waals surface area (Å²) in [5.41, 5.74) is 2.32. The van der Waals surface area contributed by atoms with E-state index in [0.29, 0.717) is 5.88 Å². The van der Waals surface area contributed by atoms with Crippen molar-refractivity contribution in [3.05, 3.63) is 18.2 Å². The third kappa shape index (κ3) is 1.41. The van der Waals surface area contributed by atoms with Crippen molar-refractivity contribution in [2.24, 2.45) is 0 Å². The van der Waals surface area contributed by atoms with Gasteiger partial charge in [-0.1, -0.05) is 0 Å². The van der Waals surface area contributed by atoms with E-state index in [1.165, 1.54) is 18.5 Å². The van der Waals surface area contributed by atoms with Crippen molar-refractivity contribution in [1.29, 1.82) is 0 Å². The van der Waals surface area contributed by atoms with E-state index in [9.17, 15) is 0 Å². The second-order valence-corrected chi connectivity index (χ2v) is 4.16. The molecule has 1 aliphatic rings. The number of rotatable bonds is 2. The van der Waals surface area contributed by atoms with Crippen molar-refractivity contribution in [2.75, 3.05) is 25.1 Å². The van der Waals surface area contributed by atoms with Crippen molar-refractivity contribution >= 4 is 16.6 Å².